The Bertz CT molecular complexity index is 470. The standard InChI is InChI=1S/C17H28N4/c1-4-14-8-5-6-9-15(14)12-19-17(18-2)20-13-16-10-7-11-21(16)3/h5-6,8-9,16H,4,7,10-13H2,1-3H3,(H2,18,19,20). The maximum atomic E-state index is 4.32. The van der Waals surface area contributed by atoms with Crippen LogP contribution in [-0.4, -0.2) is 44.1 Å². The second kappa shape index (κ2) is 8.03. The topological polar surface area (TPSA) is 39.7 Å². The molecule has 4 heteroatoms. The molecule has 21 heavy (non-hydrogen) atoms. The van der Waals surface area contributed by atoms with Crippen molar-refractivity contribution in [3.05, 3.63) is 35.4 Å². The van der Waals surface area contributed by atoms with Crippen LogP contribution in [0.5, 0.6) is 0 Å². The van der Waals surface area contributed by atoms with E-state index >= 15 is 0 Å². The molecule has 1 heterocycles. The summed E-state index contributed by atoms with van der Waals surface area (Å²) in [5.41, 5.74) is 2.75. The van der Waals surface area contributed by atoms with Gasteiger partial charge >= 0.3 is 0 Å². The van der Waals surface area contributed by atoms with Crippen LogP contribution in [0.4, 0.5) is 0 Å². The minimum atomic E-state index is 0.631. The van der Waals surface area contributed by atoms with E-state index in [0.717, 1.165) is 25.5 Å². The first kappa shape index (κ1) is 15.8. The molecule has 0 amide bonds. The van der Waals surface area contributed by atoms with E-state index in [1.54, 1.807) is 0 Å². The van der Waals surface area contributed by atoms with Crippen molar-refractivity contribution in [1.29, 1.82) is 0 Å². The van der Waals surface area contributed by atoms with Gasteiger partial charge in [-0.1, -0.05) is 31.2 Å². The predicted molar refractivity (Wildman–Crippen MR) is 89.7 cm³/mol. The molecule has 0 saturated carbocycles. The van der Waals surface area contributed by atoms with Crippen molar-refractivity contribution in [1.82, 2.24) is 15.5 Å². The smallest absolute Gasteiger partial charge is 0.191 e. The number of rotatable bonds is 5. The fourth-order valence-corrected chi connectivity index (χ4v) is 2.93. The zero-order valence-corrected chi connectivity index (χ0v) is 13.5. The summed E-state index contributed by atoms with van der Waals surface area (Å²) >= 11 is 0. The number of likely N-dealkylation sites (tertiary alicyclic amines) is 1. The molecule has 0 spiro atoms. The van der Waals surface area contributed by atoms with Crippen LogP contribution < -0.4 is 10.6 Å². The van der Waals surface area contributed by atoms with E-state index in [1.807, 2.05) is 7.05 Å². The van der Waals surface area contributed by atoms with Crippen LogP contribution in [0.2, 0.25) is 0 Å². The summed E-state index contributed by atoms with van der Waals surface area (Å²) in [6.07, 6.45) is 3.65. The Hall–Kier alpha value is -1.55. The van der Waals surface area contributed by atoms with Crippen LogP contribution in [-0.2, 0) is 13.0 Å². The highest BCUT2D eigenvalue weighted by atomic mass is 15.2. The number of hydrogen-bond donors (Lipinski definition) is 2. The molecule has 0 bridgehead atoms. The molecule has 1 aromatic rings. The third-order valence-electron chi connectivity index (χ3n) is 4.35. The number of guanidine groups is 1. The molecule has 0 radical (unpaired) electrons. The summed E-state index contributed by atoms with van der Waals surface area (Å²) in [6, 6.07) is 9.21. The largest absolute Gasteiger partial charge is 0.355 e. The van der Waals surface area contributed by atoms with Crippen LogP contribution >= 0.6 is 0 Å². The quantitative estimate of drug-likeness (QED) is 0.643. The van der Waals surface area contributed by atoms with Crippen molar-refractivity contribution in [2.75, 3.05) is 27.2 Å². The normalized spacial score (nSPS) is 19.8. The van der Waals surface area contributed by atoms with E-state index in [-0.39, 0.29) is 0 Å². The average Bonchev–Trinajstić information content (AvgIpc) is 2.93. The summed E-state index contributed by atoms with van der Waals surface area (Å²) < 4.78 is 0. The monoisotopic (exact) mass is 288 g/mol. The summed E-state index contributed by atoms with van der Waals surface area (Å²) in [4.78, 5) is 6.74. The zero-order valence-electron chi connectivity index (χ0n) is 13.5. The highest BCUT2D eigenvalue weighted by Crippen LogP contribution is 2.13. The molecule has 1 unspecified atom stereocenters. The highest BCUT2D eigenvalue weighted by molar-refractivity contribution is 5.79. The average molecular weight is 288 g/mol. The highest BCUT2D eigenvalue weighted by Gasteiger charge is 2.20. The van der Waals surface area contributed by atoms with Gasteiger partial charge in [0.2, 0.25) is 0 Å². The summed E-state index contributed by atoms with van der Waals surface area (Å²) in [5, 5.41) is 6.87. The lowest BCUT2D eigenvalue weighted by molar-refractivity contribution is 0.309. The Labute approximate surface area is 128 Å². The first-order valence-corrected chi connectivity index (χ1v) is 7.96. The van der Waals surface area contributed by atoms with E-state index < -0.39 is 0 Å². The van der Waals surface area contributed by atoms with Crippen LogP contribution in [0.15, 0.2) is 29.3 Å². The van der Waals surface area contributed by atoms with Crippen molar-refractivity contribution in [3.8, 4) is 0 Å². The Kier molecular flexibility index (Phi) is 6.05. The van der Waals surface area contributed by atoms with Gasteiger partial charge < -0.3 is 15.5 Å². The molecule has 0 aliphatic carbocycles. The third kappa shape index (κ3) is 4.46. The first-order chi connectivity index (χ1) is 10.2. The van der Waals surface area contributed by atoms with Gasteiger partial charge in [0, 0.05) is 26.2 Å². The van der Waals surface area contributed by atoms with E-state index in [9.17, 15) is 0 Å². The van der Waals surface area contributed by atoms with Gasteiger partial charge in [-0.25, -0.2) is 0 Å². The number of nitrogens with zero attached hydrogens (tertiary/aromatic N) is 2. The second-order valence-corrected chi connectivity index (χ2v) is 5.71. The molecule has 0 aromatic heterocycles. The van der Waals surface area contributed by atoms with E-state index in [2.05, 4.69) is 58.8 Å². The Morgan fingerprint density at radius 1 is 1.29 bits per heavy atom. The van der Waals surface area contributed by atoms with Crippen LogP contribution in [0.1, 0.15) is 30.9 Å². The lowest BCUT2D eigenvalue weighted by atomic mass is 10.1. The summed E-state index contributed by atoms with van der Waals surface area (Å²) in [7, 11) is 4.03. The lowest BCUT2D eigenvalue weighted by Gasteiger charge is -2.21. The van der Waals surface area contributed by atoms with Crippen molar-refractivity contribution in [2.45, 2.75) is 38.8 Å². The van der Waals surface area contributed by atoms with Crippen molar-refractivity contribution in [2.24, 2.45) is 4.99 Å². The molecule has 1 saturated heterocycles. The SMILES string of the molecule is CCc1ccccc1CNC(=NC)NCC1CCCN1C. The van der Waals surface area contributed by atoms with Gasteiger partial charge in [-0.2, -0.15) is 0 Å². The maximum Gasteiger partial charge on any atom is 0.191 e. The Balaban J connectivity index is 1.82. The number of aryl methyl sites for hydroxylation is 1. The molecule has 4 nitrogen and oxygen atoms in total. The van der Waals surface area contributed by atoms with E-state index in [1.165, 1.54) is 30.5 Å². The van der Waals surface area contributed by atoms with Gasteiger partial charge in [0.1, 0.15) is 0 Å². The van der Waals surface area contributed by atoms with E-state index in [4.69, 9.17) is 0 Å². The maximum absolute atomic E-state index is 4.32. The molecule has 116 valence electrons. The first-order valence-electron chi connectivity index (χ1n) is 7.96. The van der Waals surface area contributed by atoms with Crippen molar-refractivity contribution >= 4 is 5.96 Å². The molecular weight excluding hydrogens is 260 g/mol. The molecule has 1 aliphatic heterocycles. The molecule has 1 fully saturated rings. The van der Waals surface area contributed by atoms with Crippen molar-refractivity contribution in [3.63, 3.8) is 0 Å². The van der Waals surface area contributed by atoms with Crippen molar-refractivity contribution < 1.29 is 0 Å². The molecule has 1 aliphatic rings. The third-order valence-corrected chi connectivity index (χ3v) is 4.35. The summed E-state index contributed by atoms with van der Waals surface area (Å²) in [5.74, 6) is 0.890. The number of nitrogens with one attached hydrogen (secondary N) is 2. The molecule has 2 rings (SSSR count). The molecule has 2 N–H and O–H groups in total. The van der Waals surface area contributed by atoms with Gasteiger partial charge in [0.25, 0.3) is 0 Å². The number of aliphatic imine (C=N–C) groups is 1. The lowest BCUT2D eigenvalue weighted by Crippen LogP contribution is -2.43. The van der Waals surface area contributed by atoms with Gasteiger partial charge in [0.05, 0.1) is 0 Å². The van der Waals surface area contributed by atoms with Gasteiger partial charge in [-0.05, 0) is 44.0 Å². The fraction of sp³-hybridized carbons (Fsp3) is 0.588. The minimum absolute atomic E-state index is 0.631. The Morgan fingerprint density at radius 3 is 2.67 bits per heavy atom. The van der Waals surface area contributed by atoms with Gasteiger partial charge in [0.15, 0.2) is 5.96 Å². The van der Waals surface area contributed by atoms with Gasteiger partial charge in [-0.15, -0.1) is 0 Å². The minimum Gasteiger partial charge on any atom is -0.355 e. The summed E-state index contributed by atoms with van der Waals surface area (Å²) in [6.45, 7) is 5.19. The fourth-order valence-electron chi connectivity index (χ4n) is 2.93. The number of hydrogen-bond acceptors (Lipinski definition) is 2. The molecular formula is C17H28N4. The van der Waals surface area contributed by atoms with Crippen LogP contribution in [0.3, 0.4) is 0 Å². The predicted octanol–water partition coefficient (Wildman–Crippen LogP) is 2.01. The number of likely N-dealkylation sites (N-methyl/N-ethyl adjacent to an activating group) is 1. The second-order valence-electron chi connectivity index (χ2n) is 5.71. The van der Waals surface area contributed by atoms with E-state index in [0.29, 0.717) is 6.04 Å². The van der Waals surface area contributed by atoms with Crippen LogP contribution in [0.25, 0.3) is 0 Å². The number of benzene rings is 1. The van der Waals surface area contributed by atoms with Gasteiger partial charge in [-0.3, -0.25) is 4.99 Å². The van der Waals surface area contributed by atoms with Crippen LogP contribution in [0, 0.1) is 0 Å². The Morgan fingerprint density at radius 2 is 2.05 bits per heavy atom. The zero-order chi connectivity index (χ0) is 15.1. The molecule has 1 aromatic carbocycles. The molecule has 1 atom stereocenters.